The van der Waals surface area contributed by atoms with E-state index in [0.717, 1.165) is 18.4 Å². The van der Waals surface area contributed by atoms with Crippen molar-refractivity contribution in [3.63, 3.8) is 0 Å². The van der Waals surface area contributed by atoms with Crippen molar-refractivity contribution in [1.82, 2.24) is 4.98 Å². The molecule has 0 spiro atoms. The Morgan fingerprint density at radius 1 is 0.657 bits per heavy atom. The third-order valence-corrected chi connectivity index (χ3v) is 6.53. The molecule has 1 rings (SSSR count). The SMILES string of the molecule is CCCCCCCCCCCCCCCCCCC(C[n+]1ccncc1)=C(C(=O)OC)C(=O)OC. The van der Waals surface area contributed by atoms with E-state index in [4.69, 9.17) is 9.47 Å². The van der Waals surface area contributed by atoms with Gasteiger partial charge in [-0.15, -0.1) is 0 Å². The number of carbonyl (C=O) groups is 2. The molecule has 198 valence electrons. The van der Waals surface area contributed by atoms with Crippen LogP contribution in [-0.4, -0.2) is 31.1 Å². The van der Waals surface area contributed by atoms with Gasteiger partial charge in [0.1, 0.15) is 5.57 Å². The van der Waals surface area contributed by atoms with Crippen LogP contribution in [0.2, 0.25) is 0 Å². The molecular formula is C29H49N2O4+. The Kier molecular flexibility index (Phi) is 18.5. The van der Waals surface area contributed by atoms with Gasteiger partial charge in [-0.3, -0.25) is 4.98 Å². The molecule has 0 saturated carbocycles. The van der Waals surface area contributed by atoms with E-state index in [0.29, 0.717) is 13.0 Å². The van der Waals surface area contributed by atoms with Crippen LogP contribution in [0, 0.1) is 0 Å². The molecule has 0 N–H and O–H groups in total. The molecule has 0 radical (unpaired) electrons. The van der Waals surface area contributed by atoms with Crippen LogP contribution in [0.15, 0.2) is 35.9 Å². The Morgan fingerprint density at radius 3 is 1.46 bits per heavy atom. The second-order valence-electron chi connectivity index (χ2n) is 9.43. The number of ether oxygens (including phenoxy) is 2. The lowest BCUT2D eigenvalue weighted by Crippen LogP contribution is -2.35. The van der Waals surface area contributed by atoms with Crippen LogP contribution in [0.1, 0.15) is 116 Å². The van der Waals surface area contributed by atoms with Crippen LogP contribution in [-0.2, 0) is 25.6 Å². The molecule has 0 aliphatic heterocycles. The highest BCUT2D eigenvalue weighted by molar-refractivity contribution is 6.14. The number of aromatic nitrogens is 2. The van der Waals surface area contributed by atoms with Gasteiger partial charge < -0.3 is 9.47 Å². The fourth-order valence-electron chi connectivity index (χ4n) is 4.42. The van der Waals surface area contributed by atoms with Crippen molar-refractivity contribution in [3.8, 4) is 0 Å². The summed E-state index contributed by atoms with van der Waals surface area (Å²) >= 11 is 0. The molecule has 0 amide bonds. The van der Waals surface area contributed by atoms with Crippen molar-refractivity contribution in [2.75, 3.05) is 14.2 Å². The van der Waals surface area contributed by atoms with E-state index in [-0.39, 0.29) is 5.57 Å². The predicted molar refractivity (Wildman–Crippen MR) is 140 cm³/mol. The summed E-state index contributed by atoms with van der Waals surface area (Å²) in [5, 5.41) is 0. The van der Waals surface area contributed by atoms with Gasteiger partial charge in [0.2, 0.25) is 0 Å². The summed E-state index contributed by atoms with van der Waals surface area (Å²) in [6.07, 6.45) is 28.6. The molecule has 6 heteroatoms. The summed E-state index contributed by atoms with van der Waals surface area (Å²) in [5.74, 6) is -1.28. The lowest BCUT2D eigenvalue weighted by atomic mass is 9.99. The normalized spacial score (nSPS) is 10.7. The third kappa shape index (κ3) is 14.7. The average Bonchev–Trinajstić information content (AvgIpc) is 2.88. The van der Waals surface area contributed by atoms with E-state index < -0.39 is 11.9 Å². The monoisotopic (exact) mass is 489 g/mol. The molecule has 0 atom stereocenters. The van der Waals surface area contributed by atoms with Gasteiger partial charge >= 0.3 is 11.9 Å². The Bertz CT molecular complexity index is 701. The van der Waals surface area contributed by atoms with Gasteiger partial charge in [-0.05, 0) is 12.8 Å². The largest absolute Gasteiger partial charge is 0.465 e. The van der Waals surface area contributed by atoms with Crippen LogP contribution < -0.4 is 4.57 Å². The van der Waals surface area contributed by atoms with E-state index >= 15 is 0 Å². The number of hydrogen-bond donors (Lipinski definition) is 0. The second-order valence-corrected chi connectivity index (χ2v) is 9.43. The minimum absolute atomic E-state index is 0.0141. The maximum absolute atomic E-state index is 12.3. The minimum atomic E-state index is -0.641. The Morgan fingerprint density at radius 2 is 1.06 bits per heavy atom. The van der Waals surface area contributed by atoms with E-state index in [2.05, 4.69) is 11.9 Å². The number of hydrogen-bond acceptors (Lipinski definition) is 5. The highest BCUT2D eigenvalue weighted by Crippen LogP contribution is 2.19. The van der Waals surface area contributed by atoms with Crippen molar-refractivity contribution in [2.24, 2.45) is 0 Å². The molecule has 0 unspecified atom stereocenters. The number of methoxy groups -OCH3 is 2. The standard InChI is InChI=1S/C29H49N2O4/c1-4-5-6-7-8-9-10-11-12-13-14-15-16-17-18-19-20-26(25-31-23-21-30-22-24-31)27(28(32)34-2)29(33)35-3/h21-24H,4-20,25H2,1-3H3/q+1. The molecule has 0 aliphatic carbocycles. The van der Waals surface area contributed by atoms with E-state index in [1.807, 2.05) is 17.0 Å². The van der Waals surface area contributed by atoms with Crippen LogP contribution >= 0.6 is 0 Å². The Balaban J connectivity index is 2.28. The molecule has 0 bridgehead atoms. The number of nitrogens with zero attached hydrogens (tertiary/aromatic N) is 2. The van der Waals surface area contributed by atoms with Crippen molar-refractivity contribution < 1.29 is 23.6 Å². The van der Waals surface area contributed by atoms with Gasteiger partial charge in [0.25, 0.3) is 0 Å². The van der Waals surface area contributed by atoms with E-state index in [1.165, 1.54) is 104 Å². The molecule has 0 saturated heterocycles. The molecule has 35 heavy (non-hydrogen) atoms. The van der Waals surface area contributed by atoms with Gasteiger partial charge in [0, 0.05) is 5.57 Å². The highest BCUT2D eigenvalue weighted by atomic mass is 16.5. The first kappa shape index (κ1) is 30.8. The third-order valence-electron chi connectivity index (χ3n) is 6.53. The van der Waals surface area contributed by atoms with Crippen molar-refractivity contribution in [2.45, 2.75) is 123 Å². The molecule has 1 aromatic heterocycles. The number of rotatable bonds is 21. The van der Waals surface area contributed by atoms with Crippen LogP contribution in [0.25, 0.3) is 0 Å². The summed E-state index contributed by atoms with van der Waals surface area (Å²) < 4.78 is 11.6. The van der Waals surface area contributed by atoms with E-state index in [1.54, 1.807) is 12.4 Å². The van der Waals surface area contributed by atoms with Gasteiger partial charge in [0.05, 0.1) is 26.6 Å². The summed E-state index contributed by atoms with van der Waals surface area (Å²) in [7, 11) is 2.58. The quantitative estimate of drug-likeness (QED) is 0.0482. The summed E-state index contributed by atoms with van der Waals surface area (Å²) in [6, 6.07) is 0. The van der Waals surface area contributed by atoms with Gasteiger partial charge in [0.15, 0.2) is 18.9 Å². The van der Waals surface area contributed by atoms with Gasteiger partial charge in [-0.1, -0.05) is 103 Å². The minimum Gasteiger partial charge on any atom is -0.465 e. The Labute approximate surface area is 213 Å². The maximum Gasteiger partial charge on any atom is 0.345 e. The molecule has 6 nitrogen and oxygen atoms in total. The van der Waals surface area contributed by atoms with Crippen molar-refractivity contribution in [3.05, 3.63) is 35.9 Å². The number of allylic oxidation sites excluding steroid dienone is 1. The van der Waals surface area contributed by atoms with Gasteiger partial charge in [-0.2, -0.15) is 4.57 Å². The van der Waals surface area contributed by atoms with Crippen LogP contribution in [0.3, 0.4) is 0 Å². The first-order valence-electron chi connectivity index (χ1n) is 13.8. The zero-order valence-corrected chi connectivity index (χ0v) is 22.6. The fourth-order valence-corrected chi connectivity index (χ4v) is 4.42. The van der Waals surface area contributed by atoms with Gasteiger partial charge in [-0.25, -0.2) is 9.59 Å². The maximum atomic E-state index is 12.3. The summed E-state index contributed by atoms with van der Waals surface area (Å²) in [5.41, 5.74) is 0.755. The van der Waals surface area contributed by atoms with Crippen LogP contribution in [0.4, 0.5) is 0 Å². The average molecular weight is 490 g/mol. The Hall–Kier alpha value is -2.24. The van der Waals surface area contributed by atoms with Crippen molar-refractivity contribution >= 4 is 11.9 Å². The molecule has 0 aliphatic rings. The number of esters is 2. The lowest BCUT2D eigenvalue weighted by Gasteiger charge is -2.11. The first-order valence-corrected chi connectivity index (χ1v) is 13.8. The van der Waals surface area contributed by atoms with Crippen molar-refractivity contribution in [1.29, 1.82) is 0 Å². The predicted octanol–water partition coefficient (Wildman–Crippen LogP) is 6.66. The summed E-state index contributed by atoms with van der Waals surface area (Å²) in [6.45, 7) is 2.70. The molecule has 0 fully saturated rings. The fraction of sp³-hybridized carbons (Fsp3) is 0.724. The highest BCUT2D eigenvalue weighted by Gasteiger charge is 2.26. The molecular weight excluding hydrogens is 440 g/mol. The van der Waals surface area contributed by atoms with Crippen LogP contribution in [0.5, 0.6) is 0 Å². The smallest absolute Gasteiger partial charge is 0.345 e. The zero-order valence-electron chi connectivity index (χ0n) is 22.6. The summed E-state index contributed by atoms with van der Waals surface area (Å²) in [4.78, 5) is 28.7. The zero-order chi connectivity index (χ0) is 25.6. The number of unbranched alkanes of at least 4 members (excludes halogenated alkanes) is 15. The lowest BCUT2D eigenvalue weighted by molar-refractivity contribution is -0.689. The molecule has 1 heterocycles. The molecule has 1 aromatic rings. The van der Waals surface area contributed by atoms with E-state index in [9.17, 15) is 9.59 Å². The second kappa shape index (κ2) is 21.1. The topological polar surface area (TPSA) is 69.4 Å². The first-order chi connectivity index (χ1) is 17.1. The number of carbonyl (C=O) groups excluding carboxylic acids is 2. The molecule has 0 aromatic carbocycles.